The van der Waals surface area contributed by atoms with E-state index < -0.39 is 0 Å². The molecule has 1 N–H and O–H groups in total. The number of piperazine rings is 1. The minimum absolute atomic E-state index is 0.148. The number of likely N-dealkylation sites (tertiary alicyclic amines) is 1. The molecule has 0 aromatic rings. The van der Waals surface area contributed by atoms with Crippen LogP contribution in [0.3, 0.4) is 0 Å². The van der Waals surface area contributed by atoms with Gasteiger partial charge in [0.2, 0.25) is 5.91 Å². The van der Waals surface area contributed by atoms with Crippen LogP contribution in [0, 0.1) is 11.8 Å². The molecule has 0 aromatic carbocycles. The van der Waals surface area contributed by atoms with Crippen LogP contribution < -0.4 is 5.32 Å². The van der Waals surface area contributed by atoms with Crippen LogP contribution in [0.5, 0.6) is 0 Å². The maximum atomic E-state index is 11.9. The van der Waals surface area contributed by atoms with Crippen LogP contribution in [0.25, 0.3) is 0 Å². The predicted molar refractivity (Wildman–Crippen MR) is 73.5 cm³/mol. The number of hydrogen-bond acceptors (Lipinski definition) is 3. The molecule has 2 saturated heterocycles. The third-order valence-corrected chi connectivity index (χ3v) is 4.15. The van der Waals surface area contributed by atoms with E-state index in [9.17, 15) is 4.79 Å². The van der Waals surface area contributed by atoms with Gasteiger partial charge in [-0.1, -0.05) is 13.8 Å². The molecule has 2 fully saturated rings. The van der Waals surface area contributed by atoms with Crippen molar-refractivity contribution >= 4 is 5.91 Å². The van der Waals surface area contributed by atoms with E-state index in [1.54, 1.807) is 0 Å². The van der Waals surface area contributed by atoms with Crippen LogP contribution in [-0.2, 0) is 4.79 Å². The third-order valence-electron chi connectivity index (χ3n) is 4.15. The molecule has 4 heteroatoms. The van der Waals surface area contributed by atoms with Gasteiger partial charge >= 0.3 is 0 Å². The van der Waals surface area contributed by atoms with E-state index in [2.05, 4.69) is 15.1 Å². The molecule has 0 aromatic heterocycles. The SMILES string of the molecule is CC(C)C(=O)N1CCC(CN2CCNCC2)CC1. The first-order valence-corrected chi connectivity index (χ1v) is 7.38. The lowest BCUT2D eigenvalue weighted by atomic mass is 9.95. The molecule has 2 aliphatic rings. The van der Waals surface area contributed by atoms with E-state index in [1.165, 1.54) is 32.5 Å². The van der Waals surface area contributed by atoms with Crippen LogP contribution in [-0.4, -0.2) is 61.5 Å². The fraction of sp³-hybridized carbons (Fsp3) is 0.929. The lowest BCUT2D eigenvalue weighted by molar-refractivity contribution is -0.135. The summed E-state index contributed by atoms with van der Waals surface area (Å²) in [6.45, 7) is 11.8. The summed E-state index contributed by atoms with van der Waals surface area (Å²) in [4.78, 5) is 16.5. The Hall–Kier alpha value is -0.610. The smallest absolute Gasteiger partial charge is 0.225 e. The lowest BCUT2D eigenvalue weighted by Crippen LogP contribution is -2.47. The van der Waals surface area contributed by atoms with Crippen LogP contribution in [0.15, 0.2) is 0 Å². The van der Waals surface area contributed by atoms with Gasteiger partial charge in [-0.3, -0.25) is 4.79 Å². The zero-order valence-corrected chi connectivity index (χ0v) is 11.8. The first-order valence-electron chi connectivity index (χ1n) is 7.38. The topological polar surface area (TPSA) is 35.6 Å². The molecule has 2 aliphatic heterocycles. The van der Waals surface area contributed by atoms with Crippen molar-refractivity contribution in [3.63, 3.8) is 0 Å². The third kappa shape index (κ3) is 3.69. The fourth-order valence-corrected chi connectivity index (χ4v) is 2.96. The Morgan fingerprint density at radius 2 is 1.78 bits per heavy atom. The lowest BCUT2D eigenvalue weighted by Gasteiger charge is -2.36. The Bertz CT molecular complexity index is 266. The fourth-order valence-electron chi connectivity index (χ4n) is 2.96. The first-order chi connectivity index (χ1) is 8.66. The van der Waals surface area contributed by atoms with Gasteiger partial charge < -0.3 is 15.1 Å². The summed E-state index contributed by atoms with van der Waals surface area (Å²) in [5.41, 5.74) is 0. The van der Waals surface area contributed by atoms with Crippen molar-refractivity contribution < 1.29 is 4.79 Å². The summed E-state index contributed by atoms with van der Waals surface area (Å²) in [5.74, 6) is 1.27. The molecule has 0 atom stereocenters. The molecule has 18 heavy (non-hydrogen) atoms. The first kappa shape index (κ1) is 13.8. The molecular formula is C14H27N3O. The summed E-state index contributed by atoms with van der Waals surface area (Å²) in [5, 5.41) is 3.39. The average molecular weight is 253 g/mol. The van der Waals surface area contributed by atoms with E-state index in [0.717, 1.165) is 32.1 Å². The van der Waals surface area contributed by atoms with E-state index in [0.29, 0.717) is 5.91 Å². The summed E-state index contributed by atoms with van der Waals surface area (Å²) in [7, 11) is 0. The summed E-state index contributed by atoms with van der Waals surface area (Å²) >= 11 is 0. The highest BCUT2D eigenvalue weighted by Gasteiger charge is 2.25. The number of rotatable bonds is 3. The largest absolute Gasteiger partial charge is 0.342 e. The Balaban J connectivity index is 1.71. The molecule has 0 unspecified atom stereocenters. The standard InChI is InChI=1S/C14H27N3O/c1-12(2)14(18)17-7-3-13(4-8-17)11-16-9-5-15-6-10-16/h12-13,15H,3-11H2,1-2H3. The van der Waals surface area contributed by atoms with Crippen molar-refractivity contribution in [2.75, 3.05) is 45.8 Å². The Labute approximate surface area is 111 Å². The van der Waals surface area contributed by atoms with Gasteiger partial charge in [-0.05, 0) is 18.8 Å². The van der Waals surface area contributed by atoms with Gasteiger partial charge in [0, 0.05) is 51.7 Å². The van der Waals surface area contributed by atoms with E-state index in [-0.39, 0.29) is 5.92 Å². The maximum Gasteiger partial charge on any atom is 0.225 e. The van der Waals surface area contributed by atoms with Gasteiger partial charge in [-0.15, -0.1) is 0 Å². The highest BCUT2D eigenvalue weighted by atomic mass is 16.2. The van der Waals surface area contributed by atoms with Crippen molar-refractivity contribution in [3.8, 4) is 0 Å². The van der Waals surface area contributed by atoms with Crippen molar-refractivity contribution in [2.24, 2.45) is 11.8 Å². The van der Waals surface area contributed by atoms with Gasteiger partial charge in [0.25, 0.3) is 0 Å². The number of carbonyl (C=O) groups is 1. The van der Waals surface area contributed by atoms with Crippen molar-refractivity contribution in [2.45, 2.75) is 26.7 Å². The Morgan fingerprint density at radius 1 is 1.17 bits per heavy atom. The second-order valence-electron chi connectivity index (χ2n) is 5.97. The second kappa shape index (κ2) is 6.53. The molecule has 2 rings (SSSR count). The Kier molecular flexibility index (Phi) is 5.01. The van der Waals surface area contributed by atoms with Gasteiger partial charge in [-0.2, -0.15) is 0 Å². The predicted octanol–water partition coefficient (Wildman–Crippen LogP) is 0.786. The van der Waals surface area contributed by atoms with Crippen molar-refractivity contribution in [1.29, 1.82) is 0 Å². The molecule has 1 amide bonds. The van der Waals surface area contributed by atoms with Crippen molar-refractivity contribution in [3.05, 3.63) is 0 Å². The molecule has 0 saturated carbocycles. The minimum Gasteiger partial charge on any atom is -0.342 e. The molecular weight excluding hydrogens is 226 g/mol. The summed E-state index contributed by atoms with van der Waals surface area (Å²) in [6, 6.07) is 0. The zero-order chi connectivity index (χ0) is 13.0. The van der Waals surface area contributed by atoms with Crippen LogP contribution in [0.2, 0.25) is 0 Å². The second-order valence-corrected chi connectivity index (χ2v) is 5.97. The molecule has 0 aliphatic carbocycles. The van der Waals surface area contributed by atoms with Crippen molar-refractivity contribution in [1.82, 2.24) is 15.1 Å². The highest BCUT2D eigenvalue weighted by molar-refractivity contribution is 5.78. The van der Waals surface area contributed by atoms with Crippen LogP contribution in [0.4, 0.5) is 0 Å². The molecule has 104 valence electrons. The molecule has 0 spiro atoms. The van der Waals surface area contributed by atoms with Crippen LogP contribution in [0.1, 0.15) is 26.7 Å². The molecule has 4 nitrogen and oxygen atoms in total. The van der Waals surface area contributed by atoms with Crippen LogP contribution >= 0.6 is 0 Å². The van der Waals surface area contributed by atoms with Gasteiger partial charge in [-0.25, -0.2) is 0 Å². The zero-order valence-electron chi connectivity index (χ0n) is 11.8. The van der Waals surface area contributed by atoms with E-state index in [1.807, 2.05) is 13.8 Å². The monoisotopic (exact) mass is 253 g/mol. The van der Waals surface area contributed by atoms with Gasteiger partial charge in [0.15, 0.2) is 0 Å². The number of piperidine rings is 1. The molecule has 0 bridgehead atoms. The number of carbonyl (C=O) groups excluding carboxylic acids is 1. The van der Waals surface area contributed by atoms with Gasteiger partial charge in [0.05, 0.1) is 0 Å². The highest BCUT2D eigenvalue weighted by Crippen LogP contribution is 2.20. The molecule has 0 radical (unpaired) electrons. The quantitative estimate of drug-likeness (QED) is 0.807. The number of nitrogens with one attached hydrogen (secondary N) is 1. The Morgan fingerprint density at radius 3 is 2.33 bits per heavy atom. The maximum absolute atomic E-state index is 11.9. The normalized spacial score (nSPS) is 23.6. The van der Waals surface area contributed by atoms with Gasteiger partial charge in [0.1, 0.15) is 0 Å². The average Bonchev–Trinajstić information content (AvgIpc) is 2.40. The number of nitrogens with zero attached hydrogens (tertiary/aromatic N) is 2. The van der Waals surface area contributed by atoms with E-state index >= 15 is 0 Å². The number of hydrogen-bond donors (Lipinski definition) is 1. The minimum atomic E-state index is 0.148. The summed E-state index contributed by atoms with van der Waals surface area (Å²) < 4.78 is 0. The summed E-state index contributed by atoms with van der Waals surface area (Å²) in [6.07, 6.45) is 2.37. The van der Waals surface area contributed by atoms with E-state index in [4.69, 9.17) is 0 Å². The number of amides is 1. The molecule has 2 heterocycles.